The predicted octanol–water partition coefficient (Wildman–Crippen LogP) is 4.28. The third-order valence-electron chi connectivity index (χ3n) is 2.71. The summed E-state index contributed by atoms with van der Waals surface area (Å²) in [4.78, 5) is 0. The molecule has 2 N–H and O–H groups in total. The summed E-state index contributed by atoms with van der Waals surface area (Å²) >= 11 is 11.4. The lowest BCUT2D eigenvalue weighted by molar-refractivity contribution is 0.276. The third-order valence-corrected chi connectivity index (χ3v) is 3.27. The number of hydrogen-bond donors (Lipinski definition) is 2. The van der Waals surface area contributed by atoms with E-state index in [2.05, 4.69) is 5.32 Å². The quantitative estimate of drug-likeness (QED) is 0.883. The topological polar surface area (TPSA) is 32.3 Å². The molecule has 2 nitrogen and oxygen atoms in total. The van der Waals surface area contributed by atoms with Crippen molar-refractivity contribution in [1.82, 2.24) is 0 Å². The van der Waals surface area contributed by atoms with Gasteiger partial charge < -0.3 is 10.4 Å². The number of aliphatic hydroxyl groups excluding tert-OH is 1. The fourth-order valence-electron chi connectivity index (χ4n) is 1.71. The van der Waals surface area contributed by atoms with E-state index in [0.29, 0.717) is 10.6 Å². The lowest BCUT2D eigenvalue weighted by atomic mass is 10.1. The van der Waals surface area contributed by atoms with Crippen LogP contribution in [0, 0.1) is 5.82 Å². The van der Waals surface area contributed by atoms with Gasteiger partial charge in [0.1, 0.15) is 5.82 Å². The van der Waals surface area contributed by atoms with Crippen LogP contribution < -0.4 is 5.32 Å². The summed E-state index contributed by atoms with van der Waals surface area (Å²) in [5.41, 5.74) is 1.41. The molecule has 0 saturated heterocycles. The van der Waals surface area contributed by atoms with Crippen molar-refractivity contribution in [2.45, 2.75) is 6.04 Å². The summed E-state index contributed by atoms with van der Waals surface area (Å²) in [7, 11) is 0. The van der Waals surface area contributed by atoms with Crippen LogP contribution in [0.1, 0.15) is 11.6 Å². The summed E-state index contributed by atoms with van der Waals surface area (Å²) in [6.45, 7) is -0.163. The highest BCUT2D eigenvalue weighted by molar-refractivity contribution is 6.31. The molecular weight excluding hydrogens is 288 g/mol. The maximum atomic E-state index is 13.4. The van der Waals surface area contributed by atoms with Gasteiger partial charge in [0.2, 0.25) is 0 Å². The van der Waals surface area contributed by atoms with E-state index < -0.39 is 11.9 Å². The highest BCUT2D eigenvalue weighted by Gasteiger charge is 2.12. The molecule has 0 aliphatic carbocycles. The lowest BCUT2D eigenvalue weighted by Gasteiger charge is -2.18. The Balaban J connectivity index is 2.19. The van der Waals surface area contributed by atoms with Crippen molar-refractivity contribution in [3.8, 4) is 0 Å². The number of hydrogen-bond acceptors (Lipinski definition) is 2. The monoisotopic (exact) mass is 299 g/mol. The van der Waals surface area contributed by atoms with Crippen LogP contribution in [0.2, 0.25) is 10.0 Å². The molecule has 0 fully saturated rings. The first-order chi connectivity index (χ1) is 9.10. The normalized spacial score (nSPS) is 12.2. The Morgan fingerprint density at radius 2 is 1.79 bits per heavy atom. The zero-order valence-corrected chi connectivity index (χ0v) is 11.4. The van der Waals surface area contributed by atoms with Gasteiger partial charge in [-0.2, -0.15) is 0 Å². The molecule has 0 heterocycles. The van der Waals surface area contributed by atoms with Gasteiger partial charge in [0.15, 0.2) is 0 Å². The maximum absolute atomic E-state index is 13.4. The van der Waals surface area contributed by atoms with E-state index in [0.717, 1.165) is 5.69 Å². The van der Waals surface area contributed by atoms with Crippen molar-refractivity contribution in [2.75, 3.05) is 11.9 Å². The number of nitrogens with one attached hydrogen (secondary N) is 1. The van der Waals surface area contributed by atoms with Gasteiger partial charge in [0, 0.05) is 10.7 Å². The minimum absolute atomic E-state index is 0.0620. The average Bonchev–Trinajstić information content (AvgIpc) is 2.41. The van der Waals surface area contributed by atoms with Crippen LogP contribution in [0.3, 0.4) is 0 Å². The van der Waals surface area contributed by atoms with E-state index >= 15 is 0 Å². The van der Waals surface area contributed by atoms with Gasteiger partial charge >= 0.3 is 0 Å². The number of aliphatic hydroxyl groups is 1. The van der Waals surface area contributed by atoms with E-state index in [1.165, 1.54) is 12.1 Å². The Morgan fingerprint density at radius 1 is 1.11 bits per heavy atom. The van der Waals surface area contributed by atoms with Gasteiger partial charge in [-0.3, -0.25) is 0 Å². The van der Waals surface area contributed by atoms with Crippen molar-refractivity contribution in [1.29, 1.82) is 0 Å². The summed E-state index contributed by atoms with van der Waals surface area (Å²) in [6.07, 6.45) is 0. The summed E-state index contributed by atoms with van der Waals surface area (Å²) in [6, 6.07) is 11.1. The van der Waals surface area contributed by atoms with Gasteiger partial charge in [0.05, 0.1) is 17.7 Å². The number of benzene rings is 2. The molecule has 100 valence electrons. The standard InChI is InChI=1S/C14H12Cl2FNO/c15-10-2-4-11(5-3-10)18-14(8-19)9-1-6-12(16)13(17)7-9/h1-7,14,18-19H,8H2. The largest absolute Gasteiger partial charge is 0.394 e. The maximum Gasteiger partial charge on any atom is 0.142 e. The Bertz CT molecular complexity index is 560. The number of rotatable bonds is 4. The van der Waals surface area contributed by atoms with Crippen molar-refractivity contribution in [3.63, 3.8) is 0 Å². The highest BCUT2D eigenvalue weighted by atomic mass is 35.5. The second-order valence-electron chi connectivity index (χ2n) is 4.06. The van der Waals surface area contributed by atoms with Crippen molar-refractivity contribution in [3.05, 3.63) is 63.9 Å². The van der Waals surface area contributed by atoms with Gasteiger partial charge in [-0.15, -0.1) is 0 Å². The Hall–Kier alpha value is -1.29. The molecule has 0 aliphatic heterocycles. The summed E-state index contributed by atoms with van der Waals surface area (Å²) in [5.74, 6) is -0.504. The molecule has 0 saturated carbocycles. The van der Waals surface area contributed by atoms with Crippen LogP contribution in [-0.4, -0.2) is 11.7 Å². The zero-order chi connectivity index (χ0) is 13.8. The third kappa shape index (κ3) is 3.60. The molecule has 2 aromatic carbocycles. The highest BCUT2D eigenvalue weighted by Crippen LogP contribution is 2.24. The second kappa shape index (κ2) is 6.24. The Kier molecular flexibility index (Phi) is 4.64. The van der Waals surface area contributed by atoms with Gasteiger partial charge in [-0.25, -0.2) is 4.39 Å². The molecule has 0 amide bonds. The second-order valence-corrected chi connectivity index (χ2v) is 4.90. The molecule has 1 atom stereocenters. The fourth-order valence-corrected chi connectivity index (χ4v) is 1.95. The predicted molar refractivity (Wildman–Crippen MR) is 76.3 cm³/mol. The number of anilines is 1. The first kappa shape index (κ1) is 14.1. The SMILES string of the molecule is OCC(Nc1ccc(Cl)cc1)c1ccc(Cl)c(F)c1. The molecule has 0 bridgehead atoms. The molecule has 19 heavy (non-hydrogen) atoms. The van der Waals surface area contributed by atoms with Crippen molar-refractivity contribution >= 4 is 28.9 Å². The number of halogens is 3. The van der Waals surface area contributed by atoms with Crippen LogP contribution in [0.5, 0.6) is 0 Å². The minimum atomic E-state index is -0.504. The van der Waals surface area contributed by atoms with Gasteiger partial charge in [-0.1, -0.05) is 29.3 Å². The molecule has 0 radical (unpaired) electrons. The van der Waals surface area contributed by atoms with E-state index in [1.807, 2.05) is 0 Å². The van der Waals surface area contributed by atoms with Crippen LogP contribution >= 0.6 is 23.2 Å². The van der Waals surface area contributed by atoms with E-state index in [-0.39, 0.29) is 11.6 Å². The van der Waals surface area contributed by atoms with Crippen LogP contribution in [-0.2, 0) is 0 Å². The first-order valence-corrected chi connectivity index (χ1v) is 6.43. The first-order valence-electron chi connectivity index (χ1n) is 5.68. The van der Waals surface area contributed by atoms with Crippen LogP contribution in [0.25, 0.3) is 0 Å². The zero-order valence-electron chi connectivity index (χ0n) is 9.91. The minimum Gasteiger partial charge on any atom is -0.394 e. The molecule has 0 aliphatic rings. The molecular formula is C14H12Cl2FNO. The summed E-state index contributed by atoms with van der Waals surface area (Å²) in [5, 5.41) is 13.2. The Morgan fingerprint density at radius 3 is 2.37 bits per heavy atom. The summed E-state index contributed by atoms with van der Waals surface area (Å²) < 4.78 is 13.4. The molecule has 0 spiro atoms. The van der Waals surface area contributed by atoms with Crippen LogP contribution in [0.4, 0.5) is 10.1 Å². The lowest BCUT2D eigenvalue weighted by Crippen LogP contribution is -2.15. The van der Waals surface area contributed by atoms with Crippen LogP contribution in [0.15, 0.2) is 42.5 Å². The fraction of sp³-hybridized carbons (Fsp3) is 0.143. The van der Waals surface area contributed by atoms with E-state index in [9.17, 15) is 9.50 Å². The van der Waals surface area contributed by atoms with E-state index in [4.69, 9.17) is 23.2 Å². The molecule has 2 rings (SSSR count). The van der Waals surface area contributed by atoms with Crippen molar-refractivity contribution < 1.29 is 9.50 Å². The molecule has 5 heteroatoms. The molecule has 1 unspecified atom stereocenters. The molecule has 0 aromatic heterocycles. The smallest absolute Gasteiger partial charge is 0.142 e. The van der Waals surface area contributed by atoms with Crippen molar-refractivity contribution in [2.24, 2.45) is 0 Å². The Labute approximate surface area is 120 Å². The molecule has 2 aromatic rings. The van der Waals surface area contributed by atoms with Gasteiger partial charge in [-0.05, 0) is 42.0 Å². The van der Waals surface area contributed by atoms with Gasteiger partial charge in [0.25, 0.3) is 0 Å². The van der Waals surface area contributed by atoms with E-state index in [1.54, 1.807) is 30.3 Å². The average molecular weight is 300 g/mol.